The van der Waals surface area contributed by atoms with E-state index in [2.05, 4.69) is 17.6 Å². The quantitative estimate of drug-likeness (QED) is 0.733. The number of amides is 3. The third-order valence-corrected chi connectivity index (χ3v) is 4.91. The monoisotopic (exact) mass is 373 g/mol. The zero-order valence-corrected chi connectivity index (χ0v) is 16.4. The average Bonchev–Trinajstić information content (AvgIpc) is 2.66. The molecule has 1 saturated heterocycles. The summed E-state index contributed by atoms with van der Waals surface area (Å²) in [6.45, 7) is 4.90. The largest absolute Gasteiger partial charge is 0.356 e. The van der Waals surface area contributed by atoms with E-state index >= 15 is 0 Å². The Morgan fingerprint density at radius 2 is 1.89 bits per heavy atom. The molecule has 148 valence electrons. The molecule has 0 spiro atoms. The molecule has 0 aromatic heterocycles. The predicted molar refractivity (Wildman–Crippen MR) is 107 cm³/mol. The van der Waals surface area contributed by atoms with Gasteiger partial charge in [-0.3, -0.25) is 14.4 Å². The number of carbonyl (C=O) groups excluding carboxylic acids is 3. The summed E-state index contributed by atoms with van der Waals surface area (Å²) in [5.41, 5.74) is 1.35. The van der Waals surface area contributed by atoms with E-state index in [1.807, 2.05) is 4.90 Å². The lowest BCUT2D eigenvalue weighted by Crippen LogP contribution is -2.45. The van der Waals surface area contributed by atoms with Gasteiger partial charge in [0.15, 0.2) is 0 Å². The molecule has 0 aliphatic carbocycles. The van der Waals surface area contributed by atoms with Crippen LogP contribution in [0.5, 0.6) is 0 Å². The molecule has 27 heavy (non-hydrogen) atoms. The van der Waals surface area contributed by atoms with E-state index in [9.17, 15) is 14.4 Å². The molecule has 2 rings (SSSR count). The molecule has 1 aliphatic rings. The van der Waals surface area contributed by atoms with Crippen LogP contribution in [0.25, 0.3) is 0 Å². The summed E-state index contributed by atoms with van der Waals surface area (Å²) in [5.74, 6) is -0.0170. The lowest BCUT2D eigenvalue weighted by atomic mass is 9.98. The first-order valence-electron chi connectivity index (χ1n) is 9.96. The second-order valence-electron chi connectivity index (χ2n) is 7.15. The topological polar surface area (TPSA) is 78.5 Å². The number of carbonyl (C=O) groups is 3. The molecular weight excluding hydrogens is 342 g/mol. The van der Waals surface area contributed by atoms with Crippen molar-refractivity contribution >= 4 is 23.4 Å². The SMILES string of the molecule is CCCCC(=O)Nc1ccc(C(=O)N2CCCCC2CCNC(C)=O)cc1. The van der Waals surface area contributed by atoms with Crippen molar-refractivity contribution < 1.29 is 14.4 Å². The van der Waals surface area contributed by atoms with Crippen molar-refractivity contribution in [2.24, 2.45) is 0 Å². The van der Waals surface area contributed by atoms with Crippen LogP contribution >= 0.6 is 0 Å². The molecule has 1 unspecified atom stereocenters. The highest BCUT2D eigenvalue weighted by molar-refractivity contribution is 5.96. The van der Waals surface area contributed by atoms with Gasteiger partial charge in [-0.1, -0.05) is 13.3 Å². The van der Waals surface area contributed by atoms with E-state index < -0.39 is 0 Å². The molecule has 1 aromatic rings. The van der Waals surface area contributed by atoms with Crippen LogP contribution in [-0.2, 0) is 9.59 Å². The molecule has 1 atom stereocenters. The smallest absolute Gasteiger partial charge is 0.254 e. The standard InChI is InChI=1S/C21H31N3O3/c1-3-4-8-20(26)23-18-11-9-17(10-12-18)21(27)24-15-6-5-7-19(24)13-14-22-16(2)25/h9-12,19H,3-8,13-15H2,1-2H3,(H,22,25)(H,23,26). The van der Waals surface area contributed by atoms with E-state index in [0.717, 1.165) is 45.1 Å². The lowest BCUT2D eigenvalue weighted by Gasteiger charge is -2.36. The van der Waals surface area contributed by atoms with Crippen molar-refractivity contribution in [2.45, 2.75) is 64.8 Å². The molecule has 0 saturated carbocycles. The summed E-state index contributed by atoms with van der Waals surface area (Å²) >= 11 is 0. The van der Waals surface area contributed by atoms with Crippen LogP contribution in [0.2, 0.25) is 0 Å². The fourth-order valence-electron chi connectivity index (χ4n) is 3.41. The van der Waals surface area contributed by atoms with Crippen molar-refractivity contribution in [1.29, 1.82) is 0 Å². The fourth-order valence-corrected chi connectivity index (χ4v) is 3.41. The highest BCUT2D eigenvalue weighted by atomic mass is 16.2. The number of hydrogen-bond donors (Lipinski definition) is 2. The van der Waals surface area contributed by atoms with Gasteiger partial charge in [-0.2, -0.15) is 0 Å². The van der Waals surface area contributed by atoms with E-state index in [1.165, 1.54) is 6.92 Å². The van der Waals surface area contributed by atoms with Crippen LogP contribution in [0.4, 0.5) is 5.69 Å². The van der Waals surface area contributed by atoms with Crippen molar-refractivity contribution in [3.8, 4) is 0 Å². The number of likely N-dealkylation sites (tertiary alicyclic amines) is 1. The number of piperidine rings is 1. The van der Waals surface area contributed by atoms with Gasteiger partial charge < -0.3 is 15.5 Å². The van der Waals surface area contributed by atoms with E-state index in [1.54, 1.807) is 24.3 Å². The van der Waals surface area contributed by atoms with Gasteiger partial charge in [0.05, 0.1) is 0 Å². The molecule has 6 nitrogen and oxygen atoms in total. The summed E-state index contributed by atoms with van der Waals surface area (Å²) in [7, 11) is 0. The number of unbranched alkanes of at least 4 members (excludes halogenated alkanes) is 1. The van der Waals surface area contributed by atoms with E-state index in [4.69, 9.17) is 0 Å². The Morgan fingerprint density at radius 3 is 2.56 bits per heavy atom. The third-order valence-electron chi connectivity index (χ3n) is 4.91. The summed E-state index contributed by atoms with van der Waals surface area (Å²) in [6.07, 6.45) is 6.23. The van der Waals surface area contributed by atoms with Crippen LogP contribution < -0.4 is 10.6 Å². The molecule has 0 bridgehead atoms. The normalized spacial score (nSPS) is 16.7. The highest BCUT2D eigenvalue weighted by Gasteiger charge is 2.27. The first kappa shape index (κ1) is 20.9. The van der Waals surface area contributed by atoms with E-state index in [-0.39, 0.29) is 23.8 Å². The Kier molecular flexibility index (Phi) is 8.30. The molecule has 0 radical (unpaired) electrons. The highest BCUT2D eigenvalue weighted by Crippen LogP contribution is 2.22. The number of benzene rings is 1. The van der Waals surface area contributed by atoms with Gasteiger partial charge >= 0.3 is 0 Å². The molecule has 6 heteroatoms. The van der Waals surface area contributed by atoms with Crippen LogP contribution in [0.3, 0.4) is 0 Å². The number of rotatable bonds is 8. The lowest BCUT2D eigenvalue weighted by molar-refractivity contribution is -0.119. The van der Waals surface area contributed by atoms with Gasteiger partial charge in [0, 0.05) is 43.7 Å². The summed E-state index contributed by atoms with van der Waals surface area (Å²) in [6, 6.07) is 7.28. The molecule has 2 N–H and O–H groups in total. The molecular formula is C21H31N3O3. The van der Waals surface area contributed by atoms with Crippen molar-refractivity contribution in [1.82, 2.24) is 10.2 Å². The molecule has 1 aliphatic heterocycles. The number of anilines is 1. The predicted octanol–water partition coefficient (Wildman–Crippen LogP) is 3.34. The van der Waals surface area contributed by atoms with E-state index in [0.29, 0.717) is 24.2 Å². The minimum atomic E-state index is -0.0414. The average molecular weight is 373 g/mol. The summed E-state index contributed by atoms with van der Waals surface area (Å²) in [5, 5.41) is 5.68. The minimum absolute atomic E-state index is 0.00462. The summed E-state index contributed by atoms with van der Waals surface area (Å²) < 4.78 is 0. The second kappa shape index (κ2) is 10.7. The fraction of sp³-hybridized carbons (Fsp3) is 0.571. The second-order valence-corrected chi connectivity index (χ2v) is 7.15. The Morgan fingerprint density at radius 1 is 1.15 bits per heavy atom. The number of hydrogen-bond acceptors (Lipinski definition) is 3. The Bertz CT molecular complexity index is 643. The zero-order valence-electron chi connectivity index (χ0n) is 16.4. The molecule has 1 fully saturated rings. The first-order chi connectivity index (χ1) is 13.0. The van der Waals surface area contributed by atoms with Crippen LogP contribution in [0.1, 0.15) is 69.2 Å². The van der Waals surface area contributed by atoms with Gasteiger partial charge in [0.1, 0.15) is 0 Å². The molecule has 3 amide bonds. The Hall–Kier alpha value is -2.37. The van der Waals surface area contributed by atoms with Crippen LogP contribution in [0, 0.1) is 0 Å². The zero-order chi connectivity index (χ0) is 19.6. The Labute approximate surface area is 161 Å². The Balaban J connectivity index is 1.95. The maximum Gasteiger partial charge on any atom is 0.254 e. The maximum atomic E-state index is 12.9. The van der Waals surface area contributed by atoms with Crippen molar-refractivity contribution in [3.05, 3.63) is 29.8 Å². The van der Waals surface area contributed by atoms with Gasteiger partial charge in [-0.15, -0.1) is 0 Å². The van der Waals surface area contributed by atoms with Gasteiger partial charge in [0.2, 0.25) is 11.8 Å². The number of nitrogens with zero attached hydrogens (tertiary/aromatic N) is 1. The van der Waals surface area contributed by atoms with Crippen LogP contribution in [0.15, 0.2) is 24.3 Å². The number of nitrogens with one attached hydrogen (secondary N) is 2. The van der Waals surface area contributed by atoms with Gasteiger partial charge in [-0.05, 0) is 56.4 Å². The van der Waals surface area contributed by atoms with Gasteiger partial charge in [-0.25, -0.2) is 0 Å². The molecule has 1 heterocycles. The third kappa shape index (κ3) is 6.70. The minimum Gasteiger partial charge on any atom is -0.356 e. The van der Waals surface area contributed by atoms with Crippen molar-refractivity contribution in [3.63, 3.8) is 0 Å². The summed E-state index contributed by atoms with van der Waals surface area (Å²) in [4.78, 5) is 37.7. The van der Waals surface area contributed by atoms with Crippen molar-refractivity contribution in [2.75, 3.05) is 18.4 Å². The molecule has 1 aromatic carbocycles. The van der Waals surface area contributed by atoms with Crippen LogP contribution in [-0.4, -0.2) is 41.8 Å². The van der Waals surface area contributed by atoms with Gasteiger partial charge in [0.25, 0.3) is 5.91 Å². The first-order valence-corrected chi connectivity index (χ1v) is 9.96. The maximum absolute atomic E-state index is 12.9.